The number of hydrogen-bond acceptors (Lipinski definition) is 4. The van der Waals surface area contributed by atoms with Crippen LogP contribution in [0.15, 0.2) is 18.2 Å². The highest BCUT2D eigenvalue weighted by atomic mass is 19.3. The minimum atomic E-state index is -2.95. The molecule has 0 spiro atoms. The first-order valence-electron chi connectivity index (χ1n) is 6.55. The summed E-state index contributed by atoms with van der Waals surface area (Å²) in [6.45, 7) is 3.24. The van der Waals surface area contributed by atoms with Crippen LogP contribution in [-0.4, -0.2) is 41.2 Å². The van der Waals surface area contributed by atoms with E-state index in [1.54, 1.807) is 4.90 Å². The molecule has 21 heavy (non-hydrogen) atoms. The lowest BCUT2D eigenvalue weighted by Gasteiger charge is -2.41. The molecule has 4 N–H and O–H groups in total. The van der Waals surface area contributed by atoms with E-state index in [4.69, 9.17) is 11.1 Å². The molecule has 1 unspecified atom stereocenters. The summed E-state index contributed by atoms with van der Waals surface area (Å²) < 4.78 is 25.3. The highest BCUT2D eigenvalue weighted by molar-refractivity contribution is 6.05. The fraction of sp³-hybridized carbons (Fsp3) is 0.429. The van der Waals surface area contributed by atoms with E-state index in [2.05, 4.69) is 0 Å². The Kier molecular flexibility index (Phi) is 4.22. The number of aliphatic carboxylic acids is 1. The quantitative estimate of drug-likeness (QED) is 0.572. The van der Waals surface area contributed by atoms with Crippen LogP contribution in [0.4, 0.5) is 14.5 Å². The summed E-state index contributed by atoms with van der Waals surface area (Å²) in [6.07, 6.45) is -2.95. The Bertz CT molecular complexity index is 571. The first kappa shape index (κ1) is 15.4. The van der Waals surface area contributed by atoms with Gasteiger partial charge in [-0.1, -0.05) is 25.1 Å². The topological polar surface area (TPSA) is 90.4 Å². The van der Waals surface area contributed by atoms with Gasteiger partial charge in [0.2, 0.25) is 0 Å². The van der Waals surface area contributed by atoms with Crippen molar-refractivity contribution in [2.24, 2.45) is 5.92 Å². The van der Waals surface area contributed by atoms with Gasteiger partial charge in [-0.25, -0.2) is 8.78 Å². The Morgan fingerprint density at radius 3 is 2.57 bits per heavy atom. The fourth-order valence-corrected chi connectivity index (χ4v) is 2.62. The number of anilines is 1. The van der Waals surface area contributed by atoms with Crippen molar-refractivity contribution in [2.45, 2.75) is 19.4 Å². The Morgan fingerprint density at radius 1 is 1.48 bits per heavy atom. The summed E-state index contributed by atoms with van der Waals surface area (Å²) in [5.41, 5.74) is 5.05. The zero-order chi connectivity index (χ0) is 15.7. The van der Waals surface area contributed by atoms with Gasteiger partial charge in [-0.3, -0.25) is 15.1 Å². The minimum absolute atomic E-state index is 0.0604. The molecule has 1 atom stereocenters. The number of para-hydroxylation sites is 1. The van der Waals surface area contributed by atoms with Gasteiger partial charge in [0.1, 0.15) is 11.8 Å². The molecule has 1 fully saturated rings. The number of alkyl halides is 2. The number of nitrogens with zero attached hydrogens (tertiary/aromatic N) is 1. The smallest absolute Gasteiger partial charge is 0.325 e. The van der Waals surface area contributed by atoms with Crippen molar-refractivity contribution in [2.75, 3.05) is 18.8 Å². The zero-order valence-electron chi connectivity index (χ0n) is 11.5. The summed E-state index contributed by atoms with van der Waals surface area (Å²) in [6, 6.07) is 3.31. The van der Waals surface area contributed by atoms with E-state index in [0.717, 1.165) is 0 Å². The molecule has 0 radical (unpaired) electrons. The van der Waals surface area contributed by atoms with Crippen LogP contribution in [0.25, 0.3) is 0 Å². The summed E-state index contributed by atoms with van der Waals surface area (Å²) >= 11 is 0. The molecule has 0 amide bonds. The van der Waals surface area contributed by atoms with Gasteiger partial charge in [-0.05, 0) is 5.92 Å². The number of likely N-dealkylation sites (tertiary alicyclic amines) is 1. The van der Waals surface area contributed by atoms with Gasteiger partial charge >= 0.3 is 5.97 Å². The summed E-state index contributed by atoms with van der Waals surface area (Å²) in [7, 11) is 0. The Balaban J connectivity index is 2.40. The van der Waals surface area contributed by atoms with Crippen LogP contribution in [0.2, 0.25) is 0 Å². The maximum absolute atomic E-state index is 12.7. The number of carboxylic acids is 1. The molecule has 5 nitrogen and oxygen atoms in total. The largest absolute Gasteiger partial charge is 0.480 e. The highest BCUT2D eigenvalue weighted by Crippen LogP contribution is 2.33. The SMILES string of the molecule is CC1CN(C(C(=O)O)c2cccc(C(=N)C(F)F)c2N)C1. The Hall–Kier alpha value is -2.02. The molecule has 1 aromatic rings. The van der Waals surface area contributed by atoms with Crippen molar-refractivity contribution in [1.29, 1.82) is 5.41 Å². The molecule has 0 saturated carbocycles. The van der Waals surface area contributed by atoms with E-state index in [0.29, 0.717) is 19.0 Å². The van der Waals surface area contributed by atoms with Crippen molar-refractivity contribution in [3.8, 4) is 0 Å². The third kappa shape index (κ3) is 2.87. The van der Waals surface area contributed by atoms with Crippen molar-refractivity contribution in [1.82, 2.24) is 4.90 Å². The number of carboxylic acid groups (broad SMARTS) is 1. The Labute approximate surface area is 120 Å². The van der Waals surface area contributed by atoms with Crippen LogP contribution in [0.1, 0.15) is 24.1 Å². The van der Waals surface area contributed by atoms with E-state index >= 15 is 0 Å². The lowest BCUT2D eigenvalue weighted by molar-refractivity contribution is -0.146. The number of nitrogens with two attached hydrogens (primary N) is 1. The molecule has 1 aliphatic heterocycles. The minimum Gasteiger partial charge on any atom is -0.480 e. The van der Waals surface area contributed by atoms with E-state index in [9.17, 15) is 18.7 Å². The van der Waals surface area contributed by atoms with Gasteiger partial charge in [-0.2, -0.15) is 0 Å². The molecule has 0 bridgehead atoms. The average molecular weight is 297 g/mol. The maximum Gasteiger partial charge on any atom is 0.325 e. The predicted molar refractivity (Wildman–Crippen MR) is 74.8 cm³/mol. The molecule has 114 valence electrons. The second-order valence-corrected chi connectivity index (χ2v) is 5.32. The van der Waals surface area contributed by atoms with E-state index in [1.807, 2.05) is 6.92 Å². The van der Waals surface area contributed by atoms with E-state index in [1.165, 1.54) is 18.2 Å². The number of carbonyl (C=O) groups is 1. The maximum atomic E-state index is 12.7. The predicted octanol–water partition coefficient (Wildman–Crippen LogP) is 1.98. The molecule has 0 aliphatic carbocycles. The van der Waals surface area contributed by atoms with Crippen LogP contribution >= 0.6 is 0 Å². The molecule has 1 aliphatic rings. The fourth-order valence-electron chi connectivity index (χ4n) is 2.62. The van der Waals surface area contributed by atoms with Gasteiger partial charge < -0.3 is 10.8 Å². The highest BCUT2D eigenvalue weighted by Gasteiger charge is 2.36. The third-order valence-electron chi connectivity index (χ3n) is 3.63. The van der Waals surface area contributed by atoms with Crippen molar-refractivity contribution in [3.63, 3.8) is 0 Å². The van der Waals surface area contributed by atoms with Crippen molar-refractivity contribution >= 4 is 17.4 Å². The average Bonchev–Trinajstić information content (AvgIpc) is 2.37. The number of rotatable bonds is 5. The van der Waals surface area contributed by atoms with Crippen LogP contribution in [0, 0.1) is 11.3 Å². The first-order valence-corrected chi connectivity index (χ1v) is 6.55. The summed E-state index contributed by atoms with van der Waals surface area (Å²) in [4.78, 5) is 13.2. The van der Waals surface area contributed by atoms with E-state index < -0.39 is 24.1 Å². The zero-order valence-corrected chi connectivity index (χ0v) is 11.5. The van der Waals surface area contributed by atoms with Crippen LogP contribution in [-0.2, 0) is 4.79 Å². The molecule has 1 heterocycles. The van der Waals surface area contributed by atoms with Gasteiger partial charge in [0.05, 0.1) is 0 Å². The van der Waals surface area contributed by atoms with Crippen molar-refractivity contribution in [3.05, 3.63) is 29.3 Å². The lowest BCUT2D eigenvalue weighted by atomic mass is 9.93. The van der Waals surface area contributed by atoms with Gasteiger partial charge in [0.15, 0.2) is 0 Å². The number of halogens is 2. The first-order chi connectivity index (χ1) is 9.82. The van der Waals surface area contributed by atoms with Gasteiger partial charge in [0.25, 0.3) is 6.43 Å². The molecule has 1 saturated heterocycles. The molecule has 1 aromatic carbocycles. The standard InChI is InChI=1S/C14H17F2N3O2/c1-7-5-19(6-7)12(14(20)21)9-4-2-3-8(10(9)17)11(18)13(15)16/h2-4,7,12-13,18H,5-6,17H2,1H3,(H,20,21). The number of nitrogen functional groups attached to an aromatic ring is 1. The van der Waals surface area contributed by atoms with Crippen LogP contribution < -0.4 is 5.73 Å². The number of nitrogens with one attached hydrogen (secondary N) is 1. The van der Waals surface area contributed by atoms with Crippen molar-refractivity contribution < 1.29 is 18.7 Å². The van der Waals surface area contributed by atoms with Crippen LogP contribution in [0.5, 0.6) is 0 Å². The van der Waals surface area contributed by atoms with Gasteiger partial charge in [0, 0.05) is 29.9 Å². The summed E-state index contributed by atoms with van der Waals surface area (Å²) in [5.74, 6) is -0.676. The second-order valence-electron chi connectivity index (χ2n) is 5.32. The molecule has 7 heteroatoms. The lowest BCUT2D eigenvalue weighted by Crippen LogP contribution is -2.49. The molecular formula is C14H17F2N3O2. The molecular weight excluding hydrogens is 280 g/mol. The second kappa shape index (κ2) is 5.77. The number of hydrogen-bond donors (Lipinski definition) is 3. The molecule has 0 aromatic heterocycles. The third-order valence-corrected chi connectivity index (χ3v) is 3.63. The monoisotopic (exact) mass is 297 g/mol. The summed E-state index contributed by atoms with van der Waals surface area (Å²) in [5, 5.41) is 16.8. The van der Waals surface area contributed by atoms with E-state index in [-0.39, 0.29) is 16.8 Å². The van der Waals surface area contributed by atoms with Crippen LogP contribution in [0.3, 0.4) is 0 Å². The van der Waals surface area contributed by atoms with Gasteiger partial charge in [-0.15, -0.1) is 0 Å². The normalized spacial score (nSPS) is 17.5. The Morgan fingerprint density at radius 2 is 2.10 bits per heavy atom. The number of benzene rings is 1. The molecule has 2 rings (SSSR count).